The van der Waals surface area contributed by atoms with Crippen LogP contribution in [0.2, 0.25) is 0 Å². The topological polar surface area (TPSA) is 44.8 Å². The fourth-order valence-corrected chi connectivity index (χ4v) is 1.58. The second kappa shape index (κ2) is 6.83. The molecule has 0 aromatic rings. The fraction of sp³-hybridized carbons (Fsp3) is 0.909. The molecular weight excluding hydrogens is 206 g/mol. The average Bonchev–Trinajstić information content (AvgIpc) is 2.27. The first-order valence-electron chi connectivity index (χ1n) is 5.80. The van der Waals surface area contributed by atoms with E-state index in [2.05, 4.69) is 10.2 Å². The molecule has 0 saturated carbocycles. The van der Waals surface area contributed by atoms with Crippen LogP contribution < -0.4 is 5.32 Å². The van der Waals surface area contributed by atoms with E-state index in [1.165, 1.54) is 0 Å². The summed E-state index contributed by atoms with van der Waals surface area (Å²) in [5, 5.41) is 3.23. The highest BCUT2D eigenvalue weighted by Gasteiger charge is 2.19. The molecule has 5 heteroatoms. The zero-order valence-electron chi connectivity index (χ0n) is 10.5. The number of ether oxygens (including phenoxy) is 1. The summed E-state index contributed by atoms with van der Waals surface area (Å²) in [6, 6.07) is 0. The van der Waals surface area contributed by atoms with Gasteiger partial charge in [-0.05, 0) is 14.1 Å². The second-order valence-corrected chi connectivity index (χ2v) is 4.52. The summed E-state index contributed by atoms with van der Waals surface area (Å²) in [7, 11) is 5.86. The first kappa shape index (κ1) is 13.4. The van der Waals surface area contributed by atoms with E-state index >= 15 is 0 Å². The van der Waals surface area contributed by atoms with Crippen LogP contribution >= 0.6 is 0 Å². The Bertz CT molecular complexity index is 215. The van der Waals surface area contributed by atoms with E-state index in [0.29, 0.717) is 13.0 Å². The molecule has 1 saturated heterocycles. The lowest BCUT2D eigenvalue weighted by molar-refractivity contribution is -0.133. The Morgan fingerprint density at radius 3 is 2.69 bits per heavy atom. The minimum absolute atomic E-state index is 0.0445. The predicted octanol–water partition coefficient (Wildman–Crippen LogP) is -0.615. The van der Waals surface area contributed by atoms with E-state index in [4.69, 9.17) is 4.74 Å². The highest BCUT2D eigenvalue weighted by atomic mass is 16.5. The van der Waals surface area contributed by atoms with Gasteiger partial charge in [-0.1, -0.05) is 0 Å². The van der Waals surface area contributed by atoms with Crippen LogP contribution in [0.3, 0.4) is 0 Å². The number of morpholine rings is 1. The fourth-order valence-electron chi connectivity index (χ4n) is 1.58. The number of carbonyl (C=O) groups excluding carboxylic acids is 1. The van der Waals surface area contributed by atoms with Gasteiger partial charge in [-0.25, -0.2) is 0 Å². The second-order valence-electron chi connectivity index (χ2n) is 4.52. The van der Waals surface area contributed by atoms with Crippen LogP contribution in [0.4, 0.5) is 0 Å². The maximum absolute atomic E-state index is 11.8. The molecule has 1 aliphatic heterocycles. The number of likely N-dealkylation sites (N-methyl/N-ethyl adjacent to an activating group) is 2. The standard InChI is InChI=1S/C11H23N3O2/c1-13(2)5-6-14(3)11(15)8-10-9-12-4-7-16-10/h10,12H,4-9H2,1-3H3. The summed E-state index contributed by atoms with van der Waals surface area (Å²) in [5.41, 5.74) is 0. The third kappa shape index (κ3) is 4.92. The van der Waals surface area contributed by atoms with E-state index < -0.39 is 0 Å². The maximum Gasteiger partial charge on any atom is 0.225 e. The van der Waals surface area contributed by atoms with Crippen LogP contribution in [0, 0.1) is 0 Å². The zero-order valence-corrected chi connectivity index (χ0v) is 10.5. The predicted molar refractivity (Wildman–Crippen MR) is 63.4 cm³/mol. The third-order valence-corrected chi connectivity index (χ3v) is 2.72. The Morgan fingerprint density at radius 2 is 2.12 bits per heavy atom. The molecule has 1 aliphatic rings. The Labute approximate surface area is 97.7 Å². The van der Waals surface area contributed by atoms with E-state index in [0.717, 1.165) is 26.2 Å². The van der Waals surface area contributed by atoms with Crippen LogP contribution in [0.5, 0.6) is 0 Å². The lowest BCUT2D eigenvalue weighted by Crippen LogP contribution is -2.42. The molecule has 16 heavy (non-hydrogen) atoms. The first-order chi connectivity index (χ1) is 7.59. The molecule has 0 aliphatic carbocycles. The molecule has 1 amide bonds. The Morgan fingerprint density at radius 1 is 1.38 bits per heavy atom. The summed E-state index contributed by atoms with van der Waals surface area (Å²) in [6.45, 7) is 4.05. The summed E-state index contributed by atoms with van der Waals surface area (Å²) in [5.74, 6) is 0.163. The molecule has 0 aromatic heterocycles. The van der Waals surface area contributed by atoms with Gasteiger partial charge in [0.2, 0.25) is 5.91 Å². The van der Waals surface area contributed by atoms with Crippen molar-refractivity contribution < 1.29 is 9.53 Å². The largest absolute Gasteiger partial charge is 0.375 e. The van der Waals surface area contributed by atoms with Crippen molar-refractivity contribution in [1.82, 2.24) is 15.1 Å². The molecule has 0 radical (unpaired) electrons. The molecule has 1 atom stereocenters. The van der Waals surface area contributed by atoms with Crippen LogP contribution in [0.15, 0.2) is 0 Å². The quantitative estimate of drug-likeness (QED) is 0.683. The first-order valence-corrected chi connectivity index (χ1v) is 5.80. The average molecular weight is 229 g/mol. The normalized spacial score (nSPS) is 21.1. The summed E-state index contributed by atoms with van der Waals surface area (Å²) < 4.78 is 5.50. The van der Waals surface area contributed by atoms with E-state index in [1.54, 1.807) is 4.90 Å². The van der Waals surface area contributed by atoms with Crippen LogP contribution in [-0.2, 0) is 9.53 Å². The SMILES string of the molecule is CN(C)CCN(C)C(=O)CC1CNCCO1. The maximum atomic E-state index is 11.8. The van der Waals surface area contributed by atoms with Crippen molar-refractivity contribution in [2.45, 2.75) is 12.5 Å². The van der Waals surface area contributed by atoms with E-state index in [9.17, 15) is 4.79 Å². The number of nitrogens with one attached hydrogen (secondary N) is 1. The van der Waals surface area contributed by atoms with Crippen molar-refractivity contribution in [2.24, 2.45) is 0 Å². The number of carbonyl (C=O) groups is 1. The molecular formula is C11H23N3O2. The summed E-state index contributed by atoms with van der Waals surface area (Å²) in [4.78, 5) is 15.7. The molecule has 1 fully saturated rings. The molecule has 1 unspecified atom stereocenters. The van der Waals surface area contributed by atoms with Crippen LogP contribution in [0.1, 0.15) is 6.42 Å². The molecule has 1 N–H and O–H groups in total. The van der Waals surface area contributed by atoms with Gasteiger partial charge in [0.1, 0.15) is 0 Å². The van der Waals surface area contributed by atoms with Gasteiger partial charge in [0.05, 0.1) is 19.1 Å². The molecule has 94 valence electrons. The van der Waals surface area contributed by atoms with Crippen molar-refractivity contribution in [3.8, 4) is 0 Å². The van der Waals surface area contributed by atoms with Crippen molar-refractivity contribution in [2.75, 3.05) is 53.9 Å². The number of hydrogen-bond acceptors (Lipinski definition) is 4. The van der Waals surface area contributed by atoms with Crippen molar-refractivity contribution in [1.29, 1.82) is 0 Å². The molecule has 1 rings (SSSR count). The molecule has 0 aromatic carbocycles. The van der Waals surface area contributed by atoms with E-state index in [1.807, 2.05) is 21.1 Å². The van der Waals surface area contributed by atoms with Crippen molar-refractivity contribution in [3.05, 3.63) is 0 Å². The summed E-state index contributed by atoms with van der Waals surface area (Å²) >= 11 is 0. The van der Waals surface area contributed by atoms with Crippen LogP contribution in [-0.4, -0.2) is 75.7 Å². The van der Waals surface area contributed by atoms with Gasteiger partial charge in [0, 0.05) is 33.2 Å². The van der Waals surface area contributed by atoms with Gasteiger partial charge < -0.3 is 19.9 Å². The molecule has 0 spiro atoms. The Kier molecular flexibility index (Phi) is 5.73. The van der Waals surface area contributed by atoms with Gasteiger partial charge >= 0.3 is 0 Å². The zero-order chi connectivity index (χ0) is 12.0. The highest BCUT2D eigenvalue weighted by molar-refractivity contribution is 5.76. The smallest absolute Gasteiger partial charge is 0.225 e. The molecule has 0 bridgehead atoms. The van der Waals surface area contributed by atoms with Gasteiger partial charge in [0.25, 0.3) is 0 Å². The number of rotatable bonds is 5. The van der Waals surface area contributed by atoms with Gasteiger partial charge in [-0.3, -0.25) is 4.79 Å². The van der Waals surface area contributed by atoms with E-state index in [-0.39, 0.29) is 12.0 Å². The van der Waals surface area contributed by atoms with Crippen molar-refractivity contribution >= 4 is 5.91 Å². The number of hydrogen-bond donors (Lipinski definition) is 1. The number of nitrogens with zero attached hydrogens (tertiary/aromatic N) is 2. The lowest BCUT2D eigenvalue weighted by Gasteiger charge is -2.26. The molecule has 1 heterocycles. The third-order valence-electron chi connectivity index (χ3n) is 2.72. The van der Waals surface area contributed by atoms with Gasteiger partial charge in [-0.15, -0.1) is 0 Å². The summed E-state index contributed by atoms with van der Waals surface area (Å²) in [6.07, 6.45) is 0.528. The van der Waals surface area contributed by atoms with Gasteiger partial charge in [-0.2, -0.15) is 0 Å². The van der Waals surface area contributed by atoms with Crippen LogP contribution in [0.25, 0.3) is 0 Å². The minimum Gasteiger partial charge on any atom is -0.375 e. The highest BCUT2D eigenvalue weighted by Crippen LogP contribution is 2.03. The lowest BCUT2D eigenvalue weighted by atomic mass is 10.2. The Balaban J connectivity index is 2.22. The monoisotopic (exact) mass is 229 g/mol. The van der Waals surface area contributed by atoms with Crippen molar-refractivity contribution in [3.63, 3.8) is 0 Å². The number of amides is 1. The molecule has 5 nitrogen and oxygen atoms in total. The minimum atomic E-state index is 0.0445. The van der Waals surface area contributed by atoms with Gasteiger partial charge in [0.15, 0.2) is 0 Å². The Hall–Kier alpha value is -0.650.